The number of pyridine rings is 1. The van der Waals surface area contributed by atoms with Crippen LogP contribution in [0.1, 0.15) is 31.1 Å². The zero-order chi connectivity index (χ0) is 31.5. The Morgan fingerprint density at radius 2 is 1.93 bits per heavy atom. The van der Waals surface area contributed by atoms with Crippen LogP contribution in [0.2, 0.25) is 0 Å². The predicted octanol–water partition coefficient (Wildman–Crippen LogP) is 6.17. The molecule has 5 heterocycles. The van der Waals surface area contributed by atoms with Gasteiger partial charge in [0.15, 0.2) is 17.8 Å². The Morgan fingerprint density at radius 3 is 2.74 bits per heavy atom. The Balaban J connectivity index is 1.31. The molecule has 0 aliphatic carbocycles. The lowest BCUT2D eigenvalue weighted by atomic mass is 10.1. The molecule has 7 rings (SSSR count). The van der Waals surface area contributed by atoms with E-state index in [0.717, 1.165) is 24.8 Å². The lowest BCUT2D eigenvalue weighted by Crippen LogP contribution is -2.18. The minimum atomic E-state index is -0.576. The number of anilines is 3. The molecule has 0 radical (unpaired) electrons. The molecule has 2 aromatic carbocycles. The van der Waals surface area contributed by atoms with Crippen molar-refractivity contribution in [2.24, 2.45) is 0 Å². The van der Waals surface area contributed by atoms with Crippen molar-refractivity contribution in [3.8, 4) is 23.1 Å². The van der Waals surface area contributed by atoms with Gasteiger partial charge in [-0.25, -0.2) is 24.0 Å². The monoisotopic (exact) mass is 623 g/mol. The molecule has 1 saturated heterocycles. The number of nitrogens with zero attached hydrogens (tertiary/aromatic N) is 7. The van der Waals surface area contributed by atoms with Gasteiger partial charge < -0.3 is 29.6 Å². The number of aromatic nitrogens is 7. The van der Waals surface area contributed by atoms with Crippen molar-refractivity contribution in [3.63, 3.8) is 0 Å². The average molecular weight is 624 g/mol. The molecule has 6 aromatic rings. The first-order chi connectivity index (χ1) is 22.6. The summed E-state index contributed by atoms with van der Waals surface area (Å²) in [5.41, 5.74) is 2.04. The number of hydrogen-bond acceptors (Lipinski definition) is 12. The average Bonchev–Trinajstić information content (AvgIpc) is 3.53. The first-order valence-electron chi connectivity index (χ1n) is 14.7. The van der Waals surface area contributed by atoms with Crippen LogP contribution in [0.25, 0.3) is 21.8 Å². The molecular formula is C32H30FN9O4. The first kappa shape index (κ1) is 29.1. The second-order valence-corrected chi connectivity index (χ2v) is 10.5. The summed E-state index contributed by atoms with van der Waals surface area (Å²) < 4.78 is 40.6. The van der Waals surface area contributed by atoms with Crippen LogP contribution in [0.5, 0.6) is 23.1 Å². The van der Waals surface area contributed by atoms with E-state index in [1.807, 2.05) is 12.1 Å². The van der Waals surface area contributed by atoms with Crippen LogP contribution >= 0.6 is 0 Å². The van der Waals surface area contributed by atoms with Gasteiger partial charge in [-0.2, -0.15) is 10.1 Å². The number of fused-ring (bicyclic) bond motifs is 2. The zero-order valence-corrected chi connectivity index (χ0v) is 25.1. The molecule has 1 atom stereocenters. The summed E-state index contributed by atoms with van der Waals surface area (Å²) in [5.74, 6) is 2.03. The number of benzene rings is 2. The lowest BCUT2D eigenvalue weighted by Gasteiger charge is -2.23. The molecule has 46 heavy (non-hydrogen) atoms. The van der Waals surface area contributed by atoms with E-state index in [-0.39, 0.29) is 17.9 Å². The van der Waals surface area contributed by atoms with Crippen LogP contribution in [0, 0.1) is 5.82 Å². The van der Waals surface area contributed by atoms with Crippen LogP contribution in [0.15, 0.2) is 67.5 Å². The maximum Gasteiger partial charge on any atom is 0.234 e. The van der Waals surface area contributed by atoms with Crippen molar-refractivity contribution in [2.45, 2.75) is 32.0 Å². The summed E-state index contributed by atoms with van der Waals surface area (Å²) in [6.45, 7) is 0.993. The van der Waals surface area contributed by atoms with Gasteiger partial charge in [-0.1, -0.05) is 0 Å². The molecule has 2 N–H and O–H groups in total. The molecule has 1 aliphatic heterocycles. The van der Waals surface area contributed by atoms with E-state index in [0.29, 0.717) is 63.9 Å². The Kier molecular flexibility index (Phi) is 8.08. The van der Waals surface area contributed by atoms with E-state index in [4.69, 9.17) is 23.9 Å². The third-order valence-corrected chi connectivity index (χ3v) is 7.66. The van der Waals surface area contributed by atoms with Gasteiger partial charge in [0, 0.05) is 43.2 Å². The van der Waals surface area contributed by atoms with E-state index in [9.17, 15) is 0 Å². The Labute approximate surface area is 262 Å². The number of hydrogen-bond donors (Lipinski definition) is 2. The predicted molar refractivity (Wildman–Crippen MR) is 168 cm³/mol. The summed E-state index contributed by atoms with van der Waals surface area (Å²) in [6.07, 6.45) is 10.3. The first-order valence-corrected chi connectivity index (χ1v) is 14.7. The summed E-state index contributed by atoms with van der Waals surface area (Å²) in [4.78, 5) is 22.1. The van der Waals surface area contributed by atoms with E-state index in [1.165, 1.54) is 12.4 Å². The number of halogens is 1. The third-order valence-electron chi connectivity index (χ3n) is 7.66. The SMILES string of the molecule is COc1ccc(CNc2ncnc3cc(Nc4cnccn4)nc(Oc4c(F)ccc5c4cnn5C4CCCCO4)c23)c(OC)c1. The zero-order valence-electron chi connectivity index (χ0n) is 25.1. The number of nitrogens with one attached hydrogen (secondary N) is 2. The van der Waals surface area contributed by atoms with E-state index in [2.05, 4.69) is 35.7 Å². The largest absolute Gasteiger partial charge is 0.497 e. The molecule has 1 unspecified atom stereocenters. The highest BCUT2D eigenvalue weighted by molar-refractivity contribution is 5.96. The van der Waals surface area contributed by atoms with E-state index >= 15 is 4.39 Å². The van der Waals surface area contributed by atoms with Crippen molar-refractivity contribution in [1.29, 1.82) is 0 Å². The molecular weight excluding hydrogens is 593 g/mol. The van der Waals surface area contributed by atoms with E-state index in [1.54, 1.807) is 61.9 Å². The maximum absolute atomic E-state index is 15.6. The molecule has 0 amide bonds. The van der Waals surface area contributed by atoms with Crippen molar-refractivity contribution >= 4 is 39.3 Å². The van der Waals surface area contributed by atoms with Crippen molar-refractivity contribution < 1.29 is 23.3 Å². The topological polar surface area (TPSA) is 143 Å². The van der Waals surface area contributed by atoms with E-state index < -0.39 is 5.82 Å². The normalized spacial score (nSPS) is 14.7. The van der Waals surface area contributed by atoms with Gasteiger partial charge in [-0.15, -0.1) is 0 Å². The van der Waals surface area contributed by atoms with Crippen LogP contribution < -0.4 is 24.8 Å². The second-order valence-electron chi connectivity index (χ2n) is 10.5. The van der Waals surface area contributed by atoms with Gasteiger partial charge in [-0.05, 0) is 43.5 Å². The van der Waals surface area contributed by atoms with Gasteiger partial charge in [0.05, 0.1) is 43.0 Å². The fraction of sp³-hybridized carbons (Fsp3) is 0.250. The third kappa shape index (κ3) is 5.77. The van der Waals surface area contributed by atoms with Crippen LogP contribution in [-0.4, -0.2) is 55.5 Å². The Bertz CT molecular complexity index is 2000. The van der Waals surface area contributed by atoms with Crippen LogP contribution in [0.3, 0.4) is 0 Å². The fourth-order valence-electron chi connectivity index (χ4n) is 5.41. The van der Waals surface area contributed by atoms with Gasteiger partial charge in [-0.3, -0.25) is 4.98 Å². The Morgan fingerprint density at radius 1 is 1.00 bits per heavy atom. The lowest BCUT2D eigenvalue weighted by molar-refractivity contribution is -0.0366. The molecule has 234 valence electrons. The number of ether oxygens (including phenoxy) is 4. The fourth-order valence-corrected chi connectivity index (χ4v) is 5.41. The van der Waals surface area contributed by atoms with Gasteiger partial charge in [0.25, 0.3) is 0 Å². The van der Waals surface area contributed by atoms with Crippen molar-refractivity contribution in [3.05, 3.63) is 78.9 Å². The van der Waals surface area contributed by atoms with Crippen LogP contribution in [-0.2, 0) is 11.3 Å². The van der Waals surface area contributed by atoms with Crippen molar-refractivity contribution in [1.82, 2.24) is 34.7 Å². The summed E-state index contributed by atoms with van der Waals surface area (Å²) in [6, 6.07) is 10.3. The summed E-state index contributed by atoms with van der Waals surface area (Å²) in [5, 5.41) is 11.9. The highest BCUT2D eigenvalue weighted by Gasteiger charge is 2.23. The molecule has 1 fully saturated rings. The highest BCUT2D eigenvalue weighted by Crippen LogP contribution is 2.39. The second kappa shape index (κ2) is 12.8. The van der Waals surface area contributed by atoms with Gasteiger partial charge >= 0.3 is 0 Å². The van der Waals surface area contributed by atoms with Crippen molar-refractivity contribution in [2.75, 3.05) is 31.5 Å². The maximum atomic E-state index is 15.6. The molecule has 13 nitrogen and oxygen atoms in total. The standard InChI is InChI=1S/C32H30FN9O4/c1-43-20-7-6-19(25(13-20)44-2)15-36-31-29-23(37-18-38-31)14-26(40-27-17-34-10-11-35-27)41-32(29)46-30-21-16-39-42(24(21)9-8-22(30)33)28-5-3-4-12-45-28/h6-11,13-14,16-18,28H,3-5,12,15H2,1-2H3,(H,35,40,41)(H,36,37,38). The van der Waals surface area contributed by atoms with Crippen LogP contribution in [0.4, 0.5) is 21.8 Å². The number of methoxy groups -OCH3 is 2. The highest BCUT2D eigenvalue weighted by atomic mass is 19.1. The molecule has 4 aromatic heterocycles. The number of rotatable bonds is 10. The Hall–Kier alpha value is -5.63. The molecule has 0 saturated carbocycles. The van der Waals surface area contributed by atoms with Gasteiger partial charge in [0.2, 0.25) is 5.88 Å². The minimum absolute atomic E-state index is 0.0309. The molecule has 14 heteroatoms. The smallest absolute Gasteiger partial charge is 0.234 e. The minimum Gasteiger partial charge on any atom is -0.497 e. The molecule has 1 aliphatic rings. The summed E-state index contributed by atoms with van der Waals surface area (Å²) >= 11 is 0. The summed E-state index contributed by atoms with van der Waals surface area (Å²) in [7, 11) is 3.19. The van der Waals surface area contributed by atoms with Gasteiger partial charge in [0.1, 0.15) is 40.7 Å². The molecule has 0 bridgehead atoms. The molecule has 0 spiro atoms. The quantitative estimate of drug-likeness (QED) is 0.180.